The van der Waals surface area contributed by atoms with Crippen LogP contribution in [0.1, 0.15) is 25.7 Å². The maximum atomic E-state index is 2.60. The Morgan fingerprint density at radius 2 is 1.38 bits per heavy atom. The molecule has 0 spiro atoms. The van der Waals surface area contributed by atoms with Crippen LogP contribution in [0.3, 0.4) is 0 Å². The van der Waals surface area contributed by atoms with Crippen LogP contribution in [0.2, 0.25) is 0 Å². The van der Waals surface area contributed by atoms with E-state index in [2.05, 4.69) is 22.6 Å². The van der Waals surface area contributed by atoms with E-state index >= 15 is 0 Å². The van der Waals surface area contributed by atoms with Gasteiger partial charge in [0.1, 0.15) is 0 Å². The van der Waals surface area contributed by atoms with Crippen LogP contribution in [-0.4, -0.2) is 3.92 Å². The predicted molar refractivity (Wildman–Crippen MR) is 43.3 cm³/mol. The van der Waals surface area contributed by atoms with Crippen molar-refractivity contribution in [2.24, 2.45) is 11.8 Å². The minimum Gasteiger partial charge on any atom is -0.0826 e. The van der Waals surface area contributed by atoms with Crippen LogP contribution in [0.4, 0.5) is 0 Å². The molecule has 2 bridgehead atoms. The van der Waals surface area contributed by atoms with Crippen LogP contribution in [0.15, 0.2) is 0 Å². The smallest absolute Gasteiger partial charge is 0.0115 e. The molecule has 0 aliphatic heterocycles. The fraction of sp³-hybridized carbons (Fsp3) is 1.00. The van der Waals surface area contributed by atoms with Crippen LogP contribution in [0.5, 0.6) is 0 Å². The van der Waals surface area contributed by atoms with Crippen molar-refractivity contribution in [3.63, 3.8) is 0 Å². The Morgan fingerprint density at radius 3 is 1.62 bits per heavy atom. The van der Waals surface area contributed by atoms with E-state index in [0.29, 0.717) is 0 Å². The molecule has 46 valence electrons. The molecule has 0 amide bonds. The first kappa shape index (κ1) is 5.51. The minimum absolute atomic E-state index is 1.03. The molecule has 3 fully saturated rings. The van der Waals surface area contributed by atoms with E-state index in [4.69, 9.17) is 0 Å². The molecule has 0 aromatic rings. The third-order valence-electron chi connectivity index (χ3n) is 2.51. The van der Waals surface area contributed by atoms with E-state index in [1.165, 1.54) is 12.8 Å². The third kappa shape index (κ3) is 0.789. The van der Waals surface area contributed by atoms with Gasteiger partial charge in [-0.1, -0.05) is 22.6 Å². The molecule has 0 radical (unpaired) electrons. The Balaban J connectivity index is 1.97. The fourth-order valence-electron chi connectivity index (χ4n) is 2.08. The molecule has 0 saturated heterocycles. The highest BCUT2D eigenvalue weighted by atomic mass is 127. The summed E-state index contributed by atoms with van der Waals surface area (Å²) in [4.78, 5) is 0. The topological polar surface area (TPSA) is 0 Å². The number of halogens is 1. The van der Waals surface area contributed by atoms with E-state index in [9.17, 15) is 0 Å². The van der Waals surface area contributed by atoms with Crippen LogP contribution in [0.25, 0.3) is 0 Å². The zero-order valence-corrected chi connectivity index (χ0v) is 7.10. The zero-order valence-electron chi connectivity index (χ0n) is 4.94. The second-order valence-electron chi connectivity index (χ2n) is 3.27. The number of alkyl halides is 1. The molecule has 1 heteroatoms. The van der Waals surface area contributed by atoms with Crippen molar-refractivity contribution in [1.82, 2.24) is 0 Å². The Hall–Kier alpha value is 0.730. The molecular formula is C7H11I. The van der Waals surface area contributed by atoms with E-state index in [-0.39, 0.29) is 0 Å². The second kappa shape index (κ2) is 1.86. The Labute approximate surface area is 64.2 Å². The lowest BCUT2D eigenvalue weighted by Crippen LogP contribution is -2.33. The van der Waals surface area contributed by atoms with Crippen molar-refractivity contribution < 1.29 is 0 Å². The quantitative estimate of drug-likeness (QED) is 0.436. The predicted octanol–water partition coefficient (Wildman–Crippen LogP) is 2.61. The molecule has 0 N–H and O–H groups in total. The molecule has 0 heterocycles. The molecule has 3 aliphatic rings. The SMILES string of the molecule is IC1CC2CC(C1)C2. The van der Waals surface area contributed by atoms with Gasteiger partial charge in [0.2, 0.25) is 0 Å². The first-order chi connectivity index (χ1) is 3.84. The van der Waals surface area contributed by atoms with Gasteiger partial charge in [0.25, 0.3) is 0 Å². The van der Waals surface area contributed by atoms with Crippen molar-refractivity contribution in [3.05, 3.63) is 0 Å². The summed E-state index contributed by atoms with van der Waals surface area (Å²) in [5.74, 6) is 2.30. The molecule has 3 aliphatic carbocycles. The summed E-state index contributed by atoms with van der Waals surface area (Å²) in [7, 11) is 0. The van der Waals surface area contributed by atoms with Crippen LogP contribution in [0, 0.1) is 11.8 Å². The van der Waals surface area contributed by atoms with Crippen LogP contribution in [-0.2, 0) is 0 Å². The van der Waals surface area contributed by atoms with Gasteiger partial charge in [-0.05, 0) is 37.5 Å². The zero-order chi connectivity index (χ0) is 5.56. The number of rotatable bonds is 0. The van der Waals surface area contributed by atoms with Gasteiger partial charge >= 0.3 is 0 Å². The average molecular weight is 222 g/mol. The van der Waals surface area contributed by atoms with Crippen molar-refractivity contribution in [2.75, 3.05) is 0 Å². The molecular weight excluding hydrogens is 211 g/mol. The van der Waals surface area contributed by atoms with E-state index in [1.54, 1.807) is 12.8 Å². The van der Waals surface area contributed by atoms with Crippen molar-refractivity contribution in [2.45, 2.75) is 29.6 Å². The third-order valence-corrected chi connectivity index (χ3v) is 3.53. The number of fused-ring (bicyclic) bond motifs is 2. The first-order valence-electron chi connectivity index (χ1n) is 3.48. The van der Waals surface area contributed by atoms with Gasteiger partial charge in [0.05, 0.1) is 0 Å². The highest BCUT2D eigenvalue weighted by Crippen LogP contribution is 2.47. The molecule has 8 heavy (non-hydrogen) atoms. The normalized spacial score (nSPS) is 52.9. The van der Waals surface area contributed by atoms with E-state index in [0.717, 1.165) is 15.8 Å². The molecule has 0 aromatic carbocycles. The summed E-state index contributed by atoms with van der Waals surface area (Å²) in [5, 5.41) is 0. The summed E-state index contributed by atoms with van der Waals surface area (Å²) in [6, 6.07) is 0. The standard InChI is InChI=1S/C7H11I/c8-7-3-5-1-6(2-5)4-7/h5-7H,1-4H2. The fourth-order valence-corrected chi connectivity index (χ4v) is 3.52. The summed E-state index contributed by atoms with van der Waals surface area (Å²) in [5.41, 5.74) is 0. The van der Waals surface area contributed by atoms with Gasteiger partial charge in [0, 0.05) is 3.92 Å². The van der Waals surface area contributed by atoms with Crippen molar-refractivity contribution >= 4 is 22.6 Å². The lowest BCUT2D eigenvalue weighted by Gasteiger charge is -2.43. The van der Waals surface area contributed by atoms with Gasteiger partial charge < -0.3 is 0 Å². The Kier molecular flexibility index (Phi) is 1.28. The second-order valence-corrected chi connectivity index (χ2v) is 5.03. The Morgan fingerprint density at radius 1 is 0.875 bits per heavy atom. The van der Waals surface area contributed by atoms with Gasteiger partial charge in [-0.15, -0.1) is 0 Å². The molecule has 3 saturated carbocycles. The van der Waals surface area contributed by atoms with E-state index in [1.807, 2.05) is 0 Å². The minimum atomic E-state index is 1.03. The molecule has 0 atom stereocenters. The van der Waals surface area contributed by atoms with Gasteiger partial charge in [-0.3, -0.25) is 0 Å². The van der Waals surface area contributed by atoms with Crippen LogP contribution < -0.4 is 0 Å². The van der Waals surface area contributed by atoms with Gasteiger partial charge in [-0.2, -0.15) is 0 Å². The van der Waals surface area contributed by atoms with Gasteiger partial charge in [0.15, 0.2) is 0 Å². The monoisotopic (exact) mass is 222 g/mol. The molecule has 3 rings (SSSR count). The van der Waals surface area contributed by atoms with E-state index < -0.39 is 0 Å². The van der Waals surface area contributed by atoms with Crippen LogP contribution >= 0.6 is 22.6 Å². The maximum Gasteiger partial charge on any atom is 0.0115 e. The summed E-state index contributed by atoms with van der Waals surface area (Å²) >= 11 is 2.60. The highest BCUT2D eigenvalue weighted by Gasteiger charge is 2.36. The number of hydrogen-bond donors (Lipinski definition) is 0. The molecule has 0 aromatic heterocycles. The van der Waals surface area contributed by atoms with Gasteiger partial charge in [-0.25, -0.2) is 0 Å². The summed E-state index contributed by atoms with van der Waals surface area (Å²) in [6.07, 6.45) is 6.19. The summed E-state index contributed by atoms with van der Waals surface area (Å²) in [6.45, 7) is 0. The largest absolute Gasteiger partial charge is 0.0826 e. The highest BCUT2D eigenvalue weighted by molar-refractivity contribution is 14.1. The molecule has 0 nitrogen and oxygen atoms in total. The lowest BCUT2D eigenvalue weighted by atomic mass is 9.65. The van der Waals surface area contributed by atoms with Crippen molar-refractivity contribution in [3.8, 4) is 0 Å². The Bertz CT molecular complexity index is 84.6. The molecule has 0 unspecified atom stereocenters. The lowest BCUT2D eigenvalue weighted by molar-refractivity contribution is 0.125. The van der Waals surface area contributed by atoms with Crippen molar-refractivity contribution in [1.29, 1.82) is 0 Å². The maximum absolute atomic E-state index is 2.60. The number of hydrogen-bond acceptors (Lipinski definition) is 0. The summed E-state index contributed by atoms with van der Waals surface area (Å²) < 4.78 is 1.03. The first-order valence-corrected chi connectivity index (χ1v) is 4.73. The average Bonchev–Trinajstić information content (AvgIpc) is 1.62.